The number of hydrogen-bond donors (Lipinski definition) is 8. The van der Waals surface area contributed by atoms with E-state index >= 15 is 0 Å². The van der Waals surface area contributed by atoms with Crippen molar-refractivity contribution in [3.63, 3.8) is 0 Å². The second-order valence-electron chi connectivity index (χ2n) is 11.3. The predicted molar refractivity (Wildman–Crippen MR) is 145 cm³/mol. The molecule has 0 radical (unpaired) electrons. The molecule has 0 bridgehead atoms. The number of carbonyl (C=O) groups is 1. The number of esters is 1. The molecule has 40 heavy (non-hydrogen) atoms. The highest BCUT2D eigenvalue weighted by molar-refractivity contribution is 5.69. The monoisotopic (exact) mass is 579 g/mol. The van der Waals surface area contributed by atoms with E-state index in [0.29, 0.717) is 6.42 Å². The molecule has 1 aliphatic carbocycles. The van der Waals surface area contributed by atoms with Crippen LogP contribution in [0.3, 0.4) is 0 Å². The van der Waals surface area contributed by atoms with Crippen LogP contribution in [0, 0.1) is 0 Å². The van der Waals surface area contributed by atoms with Gasteiger partial charge in [0, 0.05) is 6.42 Å². The fourth-order valence-corrected chi connectivity index (χ4v) is 5.36. The van der Waals surface area contributed by atoms with E-state index in [1.807, 2.05) is 0 Å². The fourth-order valence-electron chi connectivity index (χ4n) is 5.36. The molecule has 2 fully saturated rings. The summed E-state index contributed by atoms with van der Waals surface area (Å²) in [6, 6.07) is -1.32. The molecule has 0 aromatic heterocycles. The van der Waals surface area contributed by atoms with Crippen molar-refractivity contribution >= 4 is 5.97 Å². The van der Waals surface area contributed by atoms with Crippen LogP contribution in [-0.2, 0) is 19.0 Å². The molecule has 2 aliphatic rings. The van der Waals surface area contributed by atoms with Crippen molar-refractivity contribution in [3.8, 4) is 0 Å². The lowest BCUT2D eigenvalue weighted by atomic mass is 9.84. The van der Waals surface area contributed by atoms with E-state index in [4.69, 9.17) is 19.9 Å². The van der Waals surface area contributed by atoms with Gasteiger partial charge >= 0.3 is 5.97 Å². The summed E-state index contributed by atoms with van der Waals surface area (Å²) in [5, 5.41) is 71.4. The lowest BCUT2D eigenvalue weighted by Crippen LogP contribution is -2.68. The number of carbonyl (C=O) groups excluding carboxylic acids is 1. The van der Waals surface area contributed by atoms with Crippen molar-refractivity contribution in [1.82, 2.24) is 0 Å². The standard InChI is InChI=1S/C28H53NO11/c1-2-3-4-5-6-7-8-9-10-11-12-13-14-15-18(31)39-26-23(35)22(34)24(36)27(25(26)37)40-28-19(29)21(33)20(32)17(16-30)38-28/h17,19-28,30,32-37H,2-16,29H2,1H3/t17-,19-,20-,21-,22+,23+,24-,25+,26-,27+,28-/m1/s1. The minimum absolute atomic E-state index is 0.0662. The summed E-state index contributed by atoms with van der Waals surface area (Å²) in [6.07, 6.45) is -1.08. The van der Waals surface area contributed by atoms with Gasteiger partial charge in [0.15, 0.2) is 12.4 Å². The van der Waals surface area contributed by atoms with Crippen LogP contribution in [-0.4, -0.2) is 116 Å². The number of aliphatic hydroxyl groups excluding tert-OH is 7. The third-order valence-electron chi connectivity index (χ3n) is 8.02. The Labute approximate surface area is 237 Å². The number of unbranched alkanes of at least 4 members (excludes halogenated alkanes) is 12. The minimum atomic E-state index is -1.83. The molecule has 11 atom stereocenters. The van der Waals surface area contributed by atoms with E-state index in [9.17, 15) is 40.5 Å². The molecule has 0 amide bonds. The van der Waals surface area contributed by atoms with Crippen LogP contribution in [0.15, 0.2) is 0 Å². The van der Waals surface area contributed by atoms with E-state index in [2.05, 4.69) is 6.92 Å². The Morgan fingerprint density at radius 2 is 1.18 bits per heavy atom. The van der Waals surface area contributed by atoms with E-state index in [1.54, 1.807) is 0 Å². The molecule has 236 valence electrons. The zero-order valence-electron chi connectivity index (χ0n) is 23.8. The molecular weight excluding hydrogens is 526 g/mol. The van der Waals surface area contributed by atoms with Crippen molar-refractivity contribution in [2.45, 2.75) is 164 Å². The van der Waals surface area contributed by atoms with Crippen LogP contribution < -0.4 is 5.73 Å². The van der Waals surface area contributed by atoms with Gasteiger partial charge in [-0.25, -0.2) is 0 Å². The highest BCUT2D eigenvalue weighted by Gasteiger charge is 2.54. The predicted octanol–water partition coefficient (Wildman–Crippen LogP) is -0.0118. The third-order valence-corrected chi connectivity index (χ3v) is 8.02. The molecule has 1 saturated carbocycles. The summed E-state index contributed by atoms with van der Waals surface area (Å²) in [7, 11) is 0. The number of ether oxygens (including phenoxy) is 3. The van der Waals surface area contributed by atoms with Crippen LogP contribution in [0.5, 0.6) is 0 Å². The second kappa shape index (κ2) is 18.6. The average Bonchev–Trinajstić information content (AvgIpc) is 2.94. The Balaban J connectivity index is 1.73. The van der Waals surface area contributed by atoms with Gasteiger partial charge in [0.1, 0.15) is 48.8 Å². The first-order valence-corrected chi connectivity index (χ1v) is 15.1. The van der Waals surface area contributed by atoms with E-state index in [1.165, 1.54) is 57.8 Å². The van der Waals surface area contributed by atoms with Gasteiger partial charge in [-0.2, -0.15) is 0 Å². The molecule has 1 saturated heterocycles. The average molecular weight is 580 g/mol. The van der Waals surface area contributed by atoms with E-state index in [0.717, 1.165) is 19.3 Å². The second-order valence-corrected chi connectivity index (χ2v) is 11.3. The molecular formula is C28H53NO11. The fraction of sp³-hybridized carbons (Fsp3) is 0.964. The highest BCUT2D eigenvalue weighted by Crippen LogP contribution is 2.30. The van der Waals surface area contributed by atoms with Crippen molar-refractivity contribution < 1.29 is 54.8 Å². The quantitative estimate of drug-likeness (QED) is 0.0795. The summed E-state index contributed by atoms with van der Waals surface area (Å²) in [6.45, 7) is 1.56. The summed E-state index contributed by atoms with van der Waals surface area (Å²) in [5.41, 5.74) is 5.85. The first kappa shape index (κ1) is 35.3. The summed E-state index contributed by atoms with van der Waals surface area (Å²) < 4.78 is 16.2. The minimum Gasteiger partial charge on any atom is -0.457 e. The van der Waals surface area contributed by atoms with Crippen molar-refractivity contribution in [2.75, 3.05) is 6.61 Å². The SMILES string of the molecule is CCCCCCCCCCCCCCCC(=O)O[C@H]1[C@H](O)[C@@H](O[C@H]2O[C@H](CO)[C@@H](O)[C@H](O)[C@H]2N)[C@H](O)[C@@H](O)[C@@H]1O. The molecule has 0 unspecified atom stereocenters. The summed E-state index contributed by atoms with van der Waals surface area (Å²) in [4.78, 5) is 12.4. The highest BCUT2D eigenvalue weighted by atomic mass is 16.7. The number of rotatable bonds is 18. The molecule has 12 heteroatoms. The van der Waals surface area contributed by atoms with Gasteiger partial charge in [0.05, 0.1) is 12.6 Å². The number of nitrogens with two attached hydrogens (primary N) is 1. The van der Waals surface area contributed by atoms with Gasteiger partial charge in [-0.05, 0) is 6.42 Å². The normalized spacial score (nSPS) is 36.5. The largest absolute Gasteiger partial charge is 0.457 e. The van der Waals surface area contributed by atoms with Gasteiger partial charge in [0.25, 0.3) is 0 Å². The van der Waals surface area contributed by atoms with E-state index in [-0.39, 0.29) is 6.42 Å². The summed E-state index contributed by atoms with van der Waals surface area (Å²) >= 11 is 0. The lowest BCUT2D eigenvalue weighted by Gasteiger charge is -2.46. The Bertz CT molecular complexity index is 699. The molecule has 2 rings (SSSR count). The molecule has 0 aromatic rings. The third kappa shape index (κ3) is 10.4. The van der Waals surface area contributed by atoms with Crippen LogP contribution in [0.4, 0.5) is 0 Å². The maximum atomic E-state index is 12.4. The van der Waals surface area contributed by atoms with Gasteiger partial charge in [-0.3, -0.25) is 4.79 Å². The van der Waals surface area contributed by atoms with Crippen LogP contribution in [0.1, 0.15) is 96.8 Å². The Morgan fingerprint density at radius 3 is 1.70 bits per heavy atom. The Kier molecular flexibility index (Phi) is 16.4. The Morgan fingerprint density at radius 1 is 0.675 bits per heavy atom. The van der Waals surface area contributed by atoms with Crippen molar-refractivity contribution in [3.05, 3.63) is 0 Å². The summed E-state index contributed by atoms with van der Waals surface area (Å²) in [5.74, 6) is -0.669. The van der Waals surface area contributed by atoms with Crippen LogP contribution >= 0.6 is 0 Å². The molecule has 9 N–H and O–H groups in total. The number of hydrogen-bond acceptors (Lipinski definition) is 12. The maximum absolute atomic E-state index is 12.4. The van der Waals surface area contributed by atoms with Gasteiger partial charge in [-0.15, -0.1) is 0 Å². The van der Waals surface area contributed by atoms with Gasteiger partial charge in [0.2, 0.25) is 0 Å². The van der Waals surface area contributed by atoms with Crippen molar-refractivity contribution in [1.29, 1.82) is 0 Å². The zero-order chi connectivity index (χ0) is 29.7. The lowest BCUT2D eigenvalue weighted by molar-refractivity contribution is -0.317. The first-order chi connectivity index (χ1) is 19.1. The molecule has 12 nitrogen and oxygen atoms in total. The van der Waals surface area contributed by atoms with E-state index < -0.39 is 79.8 Å². The topological polar surface area (TPSA) is 212 Å². The molecule has 1 heterocycles. The van der Waals surface area contributed by atoms with Crippen LogP contribution in [0.2, 0.25) is 0 Å². The molecule has 0 aromatic carbocycles. The Hall–Kier alpha value is -0.930. The number of aliphatic hydroxyl groups is 7. The van der Waals surface area contributed by atoms with Crippen LogP contribution in [0.25, 0.3) is 0 Å². The molecule has 0 spiro atoms. The van der Waals surface area contributed by atoms with Gasteiger partial charge in [-0.1, -0.05) is 84.0 Å². The maximum Gasteiger partial charge on any atom is 0.306 e. The molecule has 1 aliphatic heterocycles. The zero-order valence-corrected chi connectivity index (χ0v) is 23.8. The van der Waals surface area contributed by atoms with Gasteiger partial charge < -0.3 is 55.7 Å². The van der Waals surface area contributed by atoms with Crippen molar-refractivity contribution in [2.24, 2.45) is 5.73 Å². The smallest absolute Gasteiger partial charge is 0.306 e. The first-order valence-electron chi connectivity index (χ1n) is 15.1.